The summed E-state index contributed by atoms with van der Waals surface area (Å²) in [6, 6.07) is 7.23. The van der Waals surface area contributed by atoms with Crippen molar-refractivity contribution in [1.29, 1.82) is 0 Å². The Morgan fingerprint density at radius 1 is 1.11 bits per heavy atom. The first kappa shape index (κ1) is 27.6. The summed E-state index contributed by atoms with van der Waals surface area (Å²) in [5.41, 5.74) is 0.192. The van der Waals surface area contributed by atoms with E-state index in [2.05, 4.69) is 15.2 Å². The number of rotatable bonds is 9. The number of amides is 2. The van der Waals surface area contributed by atoms with Gasteiger partial charge in [0.25, 0.3) is 5.91 Å². The predicted molar refractivity (Wildman–Crippen MR) is 143 cm³/mol. The van der Waals surface area contributed by atoms with E-state index in [1.165, 1.54) is 25.5 Å². The van der Waals surface area contributed by atoms with Crippen molar-refractivity contribution >= 4 is 35.0 Å². The molecule has 0 radical (unpaired) electrons. The van der Waals surface area contributed by atoms with Gasteiger partial charge in [-0.25, -0.2) is 4.98 Å². The minimum atomic E-state index is -0.813. The third-order valence-electron chi connectivity index (χ3n) is 6.90. The molecule has 0 unspecified atom stereocenters. The minimum absolute atomic E-state index is 0.0816. The van der Waals surface area contributed by atoms with Gasteiger partial charge in [0.05, 0.1) is 11.6 Å². The van der Waals surface area contributed by atoms with Gasteiger partial charge >= 0.3 is 0 Å². The van der Waals surface area contributed by atoms with Crippen LogP contribution in [0.5, 0.6) is 11.6 Å². The number of benzene rings is 1. The number of aromatic nitrogens is 1. The number of ether oxygens (including phenoxy) is 2. The summed E-state index contributed by atoms with van der Waals surface area (Å²) in [7, 11) is 2.03. The van der Waals surface area contributed by atoms with E-state index in [1.807, 2.05) is 7.05 Å². The number of carbonyl (C=O) groups excluding carboxylic acids is 2. The number of likely N-dealkylation sites (N-methyl/N-ethyl adjacent to an activating group) is 1. The van der Waals surface area contributed by atoms with Gasteiger partial charge in [0.1, 0.15) is 17.4 Å². The van der Waals surface area contributed by atoms with Crippen molar-refractivity contribution in [3.05, 3.63) is 52.1 Å². The zero-order valence-electron chi connectivity index (χ0n) is 21.1. The maximum atomic E-state index is 13.4. The van der Waals surface area contributed by atoms with E-state index in [-0.39, 0.29) is 24.0 Å². The van der Waals surface area contributed by atoms with Gasteiger partial charge in [0, 0.05) is 44.0 Å². The van der Waals surface area contributed by atoms with Crippen LogP contribution in [0.15, 0.2) is 36.5 Å². The van der Waals surface area contributed by atoms with Crippen LogP contribution >= 0.6 is 23.2 Å². The quantitative estimate of drug-likeness (QED) is 0.491. The van der Waals surface area contributed by atoms with Crippen LogP contribution < -0.4 is 10.1 Å². The molecule has 1 N–H and O–H groups in total. The van der Waals surface area contributed by atoms with Gasteiger partial charge in [0.15, 0.2) is 0 Å². The second kappa shape index (κ2) is 13.4. The lowest BCUT2D eigenvalue weighted by molar-refractivity contribution is -0.136. The SMILES string of the molecule is CN1CCN(C(=O)[C@@H](COCC2CCCCC2)NC(=O)c2cccnc2Oc2ccc(Cl)cc2Cl)CC1. The number of hydrogen-bond acceptors (Lipinski definition) is 6. The lowest BCUT2D eigenvalue weighted by Gasteiger charge is -2.35. The number of nitrogens with one attached hydrogen (secondary N) is 1. The van der Waals surface area contributed by atoms with E-state index in [0.717, 1.165) is 25.9 Å². The lowest BCUT2D eigenvalue weighted by Crippen LogP contribution is -2.55. The van der Waals surface area contributed by atoms with Crippen molar-refractivity contribution in [1.82, 2.24) is 20.1 Å². The van der Waals surface area contributed by atoms with E-state index in [0.29, 0.717) is 41.4 Å². The number of pyridine rings is 1. The molecule has 37 heavy (non-hydrogen) atoms. The van der Waals surface area contributed by atoms with Gasteiger partial charge in [-0.15, -0.1) is 0 Å². The highest BCUT2D eigenvalue weighted by Crippen LogP contribution is 2.32. The first-order valence-corrected chi connectivity index (χ1v) is 13.6. The molecule has 1 aliphatic carbocycles. The molecule has 1 aromatic heterocycles. The van der Waals surface area contributed by atoms with Crippen LogP contribution in [0.4, 0.5) is 0 Å². The number of piperazine rings is 1. The first-order chi connectivity index (χ1) is 17.9. The van der Waals surface area contributed by atoms with Gasteiger partial charge in [-0.1, -0.05) is 42.5 Å². The Bertz CT molecular complexity index is 1070. The van der Waals surface area contributed by atoms with Gasteiger partial charge < -0.3 is 24.6 Å². The Morgan fingerprint density at radius 2 is 1.86 bits per heavy atom. The summed E-state index contributed by atoms with van der Waals surface area (Å²) in [6.45, 7) is 3.52. The summed E-state index contributed by atoms with van der Waals surface area (Å²) in [5, 5.41) is 3.65. The standard InChI is InChI=1S/C27H34Cl2N4O4/c1-32-12-14-33(15-13-32)27(35)23(18-36-17-19-6-3-2-4-7-19)31-25(34)21-8-5-11-30-26(21)37-24-10-9-20(28)16-22(24)29/h5,8-11,16,19,23H,2-4,6-7,12-15,17-18H2,1H3,(H,31,34)/t23-/m1/s1. The summed E-state index contributed by atoms with van der Waals surface area (Å²) in [5.74, 6) is 0.295. The Kier molecular flexibility index (Phi) is 10.0. The molecule has 1 saturated heterocycles. The fourth-order valence-corrected chi connectivity index (χ4v) is 5.12. The Balaban J connectivity index is 1.46. The molecular weight excluding hydrogens is 515 g/mol. The molecule has 0 spiro atoms. The molecule has 200 valence electrons. The Hall–Kier alpha value is -2.39. The van der Waals surface area contributed by atoms with Crippen LogP contribution in [0.3, 0.4) is 0 Å². The molecule has 1 aliphatic heterocycles. The molecular formula is C27H34Cl2N4O4. The fraction of sp³-hybridized carbons (Fsp3) is 0.519. The average Bonchev–Trinajstić information content (AvgIpc) is 2.90. The summed E-state index contributed by atoms with van der Waals surface area (Å²) >= 11 is 12.2. The molecule has 8 nitrogen and oxygen atoms in total. The van der Waals surface area contributed by atoms with Gasteiger partial charge in [-0.2, -0.15) is 0 Å². The maximum Gasteiger partial charge on any atom is 0.257 e. The third kappa shape index (κ3) is 7.80. The second-order valence-corrected chi connectivity index (χ2v) is 10.6. The van der Waals surface area contributed by atoms with Crippen molar-refractivity contribution in [3.8, 4) is 11.6 Å². The van der Waals surface area contributed by atoms with Crippen molar-refractivity contribution in [2.75, 3.05) is 46.4 Å². The van der Waals surface area contributed by atoms with Crippen molar-refractivity contribution in [3.63, 3.8) is 0 Å². The predicted octanol–water partition coefficient (Wildman–Crippen LogP) is 4.65. The molecule has 1 saturated carbocycles. The third-order valence-corrected chi connectivity index (χ3v) is 7.43. The van der Waals surface area contributed by atoms with E-state index in [4.69, 9.17) is 32.7 Å². The minimum Gasteiger partial charge on any atom is -0.437 e. The average molecular weight is 549 g/mol. The molecule has 0 bridgehead atoms. The summed E-state index contributed by atoms with van der Waals surface area (Å²) in [4.78, 5) is 35.0. The number of nitrogens with zero attached hydrogens (tertiary/aromatic N) is 3. The van der Waals surface area contributed by atoms with Gasteiger partial charge in [0.2, 0.25) is 11.8 Å². The van der Waals surface area contributed by atoms with E-state index >= 15 is 0 Å². The molecule has 10 heteroatoms. The zero-order valence-corrected chi connectivity index (χ0v) is 22.6. The maximum absolute atomic E-state index is 13.4. The molecule has 4 rings (SSSR count). The number of halogens is 2. The highest BCUT2D eigenvalue weighted by atomic mass is 35.5. The Labute approximate surface area is 228 Å². The molecule has 1 atom stereocenters. The van der Waals surface area contributed by atoms with Gasteiger partial charge in [-0.05, 0) is 56.1 Å². The highest BCUT2D eigenvalue weighted by molar-refractivity contribution is 6.35. The van der Waals surface area contributed by atoms with Crippen LogP contribution in [0.1, 0.15) is 42.5 Å². The van der Waals surface area contributed by atoms with E-state index in [1.54, 1.807) is 35.2 Å². The van der Waals surface area contributed by atoms with Gasteiger partial charge in [-0.3, -0.25) is 9.59 Å². The normalized spacial score (nSPS) is 17.9. The van der Waals surface area contributed by atoms with Crippen LogP contribution in [-0.4, -0.2) is 79.1 Å². The van der Waals surface area contributed by atoms with Crippen molar-refractivity contribution < 1.29 is 19.1 Å². The highest BCUT2D eigenvalue weighted by Gasteiger charge is 2.30. The van der Waals surface area contributed by atoms with Crippen molar-refractivity contribution in [2.24, 2.45) is 5.92 Å². The summed E-state index contributed by atoms with van der Waals surface area (Å²) in [6.07, 6.45) is 7.52. The smallest absolute Gasteiger partial charge is 0.257 e. The molecule has 2 aliphatic rings. The second-order valence-electron chi connectivity index (χ2n) is 9.73. The Morgan fingerprint density at radius 3 is 2.59 bits per heavy atom. The van der Waals surface area contributed by atoms with Crippen LogP contribution in [0.25, 0.3) is 0 Å². The van der Waals surface area contributed by atoms with Crippen molar-refractivity contribution in [2.45, 2.75) is 38.1 Å². The van der Waals surface area contributed by atoms with Crippen LogP contribution in [0.2, 0.25) is 10.0 Å². The fourth-order valence-electron chi connectivity index (χ4n) is 4.67. The number of hydrogen-bond donors (Lipinski definition) is 1. The van der Waals surface area contributed by atoms with E-state index < -0.39 is 11.9 Å². The molecule has 2 amide bonds. The largest absolute Gasteiger partial charge is 0.437 e. The monoisotopic (exact) mass is 548 g/mol. The molecule has 2 aromatic rings. The lowest BCUT2D eigenvalue weighted by atomic mass is 9.90. The number of carbonyl (C=O) groups is 2. The molecule has 2 fully saturated rings. The van der Waals surface area contributed by atoms with Crippen LogP contribution in [0, 0.1) is 5.92 Å². The topological polar surface area (TPSA) is 84.0 Å². The molecule has 2 heterocycles. The zero-order chi connectivity index (χ0) is 26.2. The first-order valence-electron chi connectivity index (χ1n) is 12.8. The van der Waals surface area contributed by atoms with E-state index in [9.17, 15) is 9.59 Å². The summed E-state index contributed by atoms with van der Waals surface area (Å²) < 4.78 is 11.9. The van der Waals surface area contributed by atoms with Crippen LogP contribution in [-0.2, 0) is 9.53 Å². The molecule has 1 aromatic carbocycles.